The summed E-state index contributed by atoms with van der Waals surface area (Å²) in [6.07, 6.45) is 3.47. The number of rotatable bonds is 7. The van der Waals surface area contributed by atoms with Crippen LogP contribution < -0.4 is 21.2 Å². The number of para-hydroxylation sites is 1. The van der Waals surface area contributed by atoms with Crippen molar-refractivity contribution in [3.63, 3.8) is 0 Å². The highest BCUT2D eigenvalue weighted by atomic mass is 32.2. The van der Waals surface area contributed by atoms with E-state index >= 15 is 0 Å². The normalized spacial score (nSPS) is 12.1. The number of amides is 1. The lowest BCUT2D eigenvalue weighted by Crippen LogP contribution is -2.18. The summed E-state index contributed by atoms with van der Waals surface area (Å²) in [6, 6.07) is 17.8. The van der Waals surface area contributed by atoms with E-state index in [-0.39, 0.29) is 17.4 Å². The van der Waals surface area contributed by atoms with Gasteiger partial charge in [0.25, 0.3) is 5.91 Å². The number of fused-ring (bicyclic) bond motifs is 1. The number of benzene rings is 3. The molecule has 184 valence electrons. The van der Waals surface area contributed by atoms with Crippen molar-refractivity contribution < 1.29 is 9.21 Å². The maximum atomic E-state index is 13.2. The van der Waals surface area contributed by atoms with Gasteiger partial charge < -0.3 is 15.5 Å². The monoisotopic (exact) mass is 500 g/mol. The van der Waals surface area contributed by atoms with Crippen molar-refractivity contribution in [3.05, 3.63) is 93.1 Å². The number of nitrogens with one attached hydrogen (secondary N) is 2. The van der Waals surface area contributed by atoms with E-state index in [9.17, 15) is 9.59 Å². The van der Waals surface area contributed by atoms with Crippen LogP contribution in [0, 0.1) is 6.92 Å². The summed E-state index contributed by atoms with van der Waals surface area (Å²) >= 11 is 1.25. The third-order valence-corrected chi connectivity index (χ3v) is 6.24. The second-order valence-corrected chi connectivity index (χ2v) is 9.10. The van der Waals surface area contributed by atoms with Gasteiger partial charge in [0, 0.05) is 53.6 Å². The van der Waals surface area contributed by atoms with Gasteiger partial charge in [0.05, 0.1) is 17.0 Å². The summed E-state index contributed by atoms with van der Waals surface area (Å²) in [7, 11) is 1.67. The molecule has 0 aliphatic rings. The highest BCUT2D eigenvalue weighted by molar-refractivity contribution is 7.97. The van der Waals surface area contributed by atoms with Crippen molar-refractivity contribution in [2.75, 3.05) is 24.4 Å². The van der Waals surface area contributed by atoms with Gasteiger partial charge in [-0.15, -0.1) is 0 Å². The van der Waals surface area contributed by atoms with Gasteiger partial charge in [-0.1, -0.05) is 30.1 Å². The Bertz CT molecular complexity index is 1530. The molecule has 0 saturated carbocycles. The molecular weight excluding hydrogens is 472 g/mol. The number of aliphatic imine (C=N–C) groups is 1. The molecule has 0 fully saturated rings. The van der Waals surface area contributed by atoms with Gasteiger partial charge in [-0.25, -0.2) is 0 Å². The first-order chi connectivity index (χ1) is 17.3. The smallest absolute Gasteiger partial charge is 0.263 e. The highest BCUT2D eigenvalue weighted by Crippen LogP contribution is 2.32. The zero-order valence-electron chi connectivity index (χ0n) is 20.6. The number of nitrogens with two attached hydrogens (primary N) is 1. The van der Waals surface area contributed by atoms with E-state index in [0.717, 1.165) is 22.3 Å². The number of hydrogen-bond donors (Lipinski definition) is 3. The van der Waals surface area contributed by atoms with Crippen LogP contribution in [0.3, 0.4) is 0 Å². The van der Waals surface area contributed by atoms with Gasteiger partial charge in [0.15, 0.2) is 5.43 Å². The van der Waals surface area contributed by atoms with Gasteiger partial charge >= 0.3 is 0 Å². The Morgan fingerprint density at radius 2 is 1.92 bits per heavy atom. The molecule has 3 aromatic carbocycles. The van der Waals surface area contributed by atoms with E-state index in [1.54, 1.807) is 31.7 Å². The van der Waals surface area contributed by atoms with E-state index in [0.29, 0.717) is 33.7 Å². The molecule has 0 aliphatic carbocycles. The van der Waals surface area contributed by atoms with Crippen molar-refractivity contribution in [3.8, 4) is 11.3 Å². The fourth-order valence-corrected chi connectivity index (χ4v) is 4.44. The number of nitrogen functional groups attached to an aromatic ring is 1. The lowest BCUT2D eigenvalue weighted by molar-refractivity contribution is 0.0985. The molecule has 4 rings (SSSR count). The lowest BCUT2D eigenvalue weighted by Gasteiger charge is -2.20. The third kappa shape index (κ3) is 5.13. The number of anilines is 2. The van der Waals surface area contributed by atoms with Crippen LogP contribution in [-0.4, -0.2) is 25.4 Å². The molecule has 0 radical (unpaired) electrons. The quantitative estimate of drug-likeness (QED) is 0.174. The van der Waals surface area contributed by atoms with Gasteiger partial charge in [0.1, 0.15) is 11.3 Å². The molecule has 0 spiro atoms. The predicted molar refractivity (Wildman–Crippen MR) is 150 cm³/mol. The Morgan fingerprint density at radius 1 is 1.14 bits per heavy atom. The maximum Gasteiger partial charge on any atom is 0.263 e. The van der Waals surface area contributed by atoms with Crippen LogP contribution in [0.5, 0.6) is 0 Å². The number of hydrogen-bond acceptors (Lipinski definition) is 7. The standard InChI is InChI=1S/C28H28N4O3S/c1-16-11-21(17(2)31-24-8-6-5-7-20(24)28(34)32-36-4)27-22(12-16)25(33)14-26(35-27)18-9-10-23(29)19(13-18)15-30-3/h5-15,17,31H,29H2,1-4H3,(H,32,34). The molecule has 1 amide bonds. The SMILES string of the molecule is CN=Cc1cc(-c2cc(=O)c3cc(C)cc(C(C)Nc4ccccc4C(=O)NSC)c3o2)ccc1N. The first-order valence-corrected chi connectivity index (χ1v) is 12.6. The number of nitrogens with zero attached hydrogens (tertiary/aromatic N) is 1. The van der Waals surface area contributed by atoms with Crippen LogP contribution in [0.15, 0.2) is 74.9 Å². The number of aryl methyl sites for hydroxylation is 1. The van der Waals surface area contributed by atoms with Crippen LogP contribution in [0.2, 0.25) is 0 Å². The van der Waals surface area contributed by atoms with Crippen molar-refractivity contribution in [2.45, 2.75) is 19.9 Å². The molecule has 36 heavy (non-hydrogen) atoms. The topological polar surface area (TPSA) is 110 Å². The van der Waals surface area contributed by atoms with Crippen molar-refractivity contribution in [1.29, 1.82) is 0 Å². The molecule has 1 atom stereocenters. The average Bonchev–Trinajstić information content (AvgIpc) is 2.86. The summed E-state index contributed by atoms with van der Waals surface area (Å²) < 4.78 is 9.12. The second kappa shape index (κ2) is 10.7. The van der Waals surface area contributed by atoms with Crippen LogP contribution in [-0.2, 0) is 0 Å². The summed E-state index contributed by atoms with van der Waals surface area (Å²) in [6.45, 7) is 3.92. The summed E-state index contributed by atoms with van der Waals surface area (Å²) in [5, 5.41) is 3.93. The highest BCUT2D eigenvalue weighted by Gasteiger charge is 2.19. The second-order valence-electron chi connectivity index (χ2n) is 8.48. The number of carbonyl (C=O) groups excluding carboxylic acids is 1. The predicted octanol–water partition coefficient (Wildman–Crippen LogP) is 5.58. The van der Waals surface area contributed by atoms with Gasteiger partial charge in [-0.05, 0) is 55.8 Å². The molecule has 4 aromatic rings. The van der Waals surface area contributed by atoms with Gasteiger partial charge in [-0.2, -0.15) is 0 Å². The Balaban J connectivity index is 1.82. The van der Waals surface area contributed by atoms with Crippen LogP contribution in [0.25, 0.3) is 22.3 Å². The van der Waals surface area contributed by atoms with E-state index < -0.39 is 0 Å². The zero-order valence-corrected chi connectivity index (χ0v) is 21.4. The first kappa shape index (κ1) is 25.1. The Kier molecular flexibility index (Phi) is 7.45. The minimum Gasteiger partial charge on any atom is -0.455 e. The third-order valence-electron chi connectivity index (χ3n) is 5.85. The molecular formula is C28H28N4O3S. The van der Waals surface area contributed by atoms with Crippen LogP contribution in [0.4, 0.5) is 11.4 Å². The Hall–Kier alpha value is -4.04. The molecule has 0 bridgehead atoms. The molecule has 1 unspecified atom stereocenters. The van der Waals surface area contributed by atoms with E-state index in [1.165, 1.54) is 18.0 Å². The van der Waals surface area contributed by atoms with Crippen molar-refractivity contribution >= 4 is 46.4 Å². The minimum atomic E-state index is -0.261. The molecule has 7 nitrogen and oxygen atoms in total. The number of carbonyl (C=O) groups is 1. The maximum absolute atomic E-state index is 13.2. The zero-order chi connectivity index (χ0) is 25.8. The Morgan fingerprint density at radius 3 is 2.67 bits per heavy atom. The molecule has 1 heterocycles. The largest absolute Gasteiger partial charge is 0.455 e. The lowest BCUT2D eigenvalue weighted by atomic mass is 10.00. The Labute approximate surface area is 214 Å². The van der Waals surface area contributed by atoms with Crippen LogP contribution >= 0.6 is 11.9 Å². The fraction of sp³-hybridized carbons (Fsp3) is 0.179. The van der Waals surface area contributed by atoms with E-state index in [4.69, 9.17) is 10.2 Å². The van der Waals surface area contributed by atoms with E-state index in [2.05, 4.69) is 15.0 Å². The molecule has 0 saturated heterocycles. The average molecular weight is 501 g/mol. The molecule has 0 aliphatic heterocycles. The molecule has 1 aromatic heterocycles. The molecule has 8 heteroatoms. The van der Waals surface area contributed by atoms with Gasteiger partial charge in [0.2, 0.25) is 0 Å². The molecule has 4 N–H and O–H groups in total. The van der Waals surface area contributed by atoms with Crippen molar-refractivity contribution in [1.82, 2.24) is 4.72 Å². The van der Waals surface area contributed by atoms with Gasteiger partial charge in [-0.3, -0.25) is 19.3 Å². The first-order valence-electron chi connectivity index (χ1n) is 11.4. The van der Waals surface area contributed by atoms with Crippen LogP contribution in [0.1, 0.15) is 40.0 Å². The summed E-state index contributed by atoms with van der Waals surface area (Å²) in [4.78, 5) is 29.8. The summed E-state index contributed by atoms with van der Waals surface area (Å²) in [5.41, 5.74) is 11.5. The van der Waals surface area contributed by atoms with Crippen molar-refractivity contribution in [2.24, 2.45) is 4.99 Å². The minimum absolute atomic E-state index is 0.134. The fourth-order valence-electron chi connectivity index (χ4n) is 4.14. The summed E-state index contributed by atoms with van der Waals surface area (Å²) in [5.74, 6) is 0.255. The van der Waals surface area contributed by atoms with E-state index in [1.807, 2.05) is 56.3 Å².